The number of thiocarbonyl (C=S) groups is 1. The lowest BCUT2D eigenvalue weighted by Gasteiger charge is -2.15. The normalized spacial score (nSPS) is 11.7. The van der Waals surface area contributed by atoms with Crippen LogP contribution in [0.2, 0.25) is 0 Å². The highest BCUT2D eigenvalue weighted by Gasteiger charge is 2.13. The Morgan fingerprint density at radius 1 is 1.87 bits per heavy atom. The van der Waals surface area contributed by atoms with Crippen LogP contribution in [0.4, 0.5) is 0 Å². The van der Waals surface area contributed by atoms with Crippen molar-refractivity contribution in [3.8, 4) is 6.07 Å². The van der Waals surface area contributed by atoms with Gasteiger partial charge in [-0.3, -0.25) is 0 Å². The number of nitrogens with zero attached hydrogens (tertiary/aromatic N) is 2. The molecule has 80 valence electrons. The zero-order valence-corrected chi connectivity index (χ0v) is 10.3. The van der Waals surface area contributed by atoms with E-state index in [2.05, 4.69) is 16.4 Å². The Hall–Kier alpha value is -0.840. The molecule has 3 N–H and O–H groups in total. The Morgan fingerprint density at radius 2 is 2.67 bits per heavy atom. The number of nitriles is 1. The summed E-state index contributed by atoms with van der Waals surface area (Å²) >= 11 is 7.88. The van der Waals surface area contributed by atoms with E-state index < -0.39 is 0 Å². The molecule has 0 aromatic carbocycles. The monoisotopic (exact) mass is 258 g/mol. The summed E-state index contributed by atoms with van der Waals surface area (Å²) in [5.74, 6) is 0.730. The van der Waals surface area contributed by atoms with E-state index in [0.717, 1.165) is 11.4 Å². The quantitative estimate of drug-likeness (QED) is 0.475. The van der Waals surface area contributed by atoms with E-state index in [1.54, 1.807) is 17.3 Å². The first-order valence-electron chi connectivity index (χ1n) is 4.16. The topological polar surface area (TPSA) is 74.7 Å². The molecule has 1 unspecified atom stereocenters. The third kappa shape index (κ3) is 4.46. The number of rotatable bonds is 5. The largest absolute Gasteiger partial charge is 0.376 e. The minimum absolute atomic E-state index is 0.0536. The molecule has 0 aliphatic carbocycles. The van der Waals surface area contributed by atoms with E-state index in [-0.39, 0.29) is 10.5 Å². The van der Waals surface area contributed by atoms with Gasteiger partial charge in [-0.1, -0.05) is 0 Å². The Morgan fingerprint density at radius 3 is 3.20 bits per heavy atom. The maximum Gasteiger partial charge on any atom is 0.164 e. The maximum absolute atomic E-state index is 8.44. The van der Waals surface area contributed by atoms with Crippen LogP contribution < -0.4 is 11.1 Å². The van der Waals surface area contributed by atoms with Crippen molar-refractivity contribution in [1.82, 2.24) is 10.3 Å². The molecule has 7 heteroatoms. The van der Waals surface area contributed by atoms with Crippen LogP contribution in [0, 0.1) is 11.3 Å². The predicted octanol–water partition coefficient (Wildman–Crippen LogP) is 1.62. The van der Waals surface area contributed by atoms with Crippen molar-refractivity contribution in [3.63, 3.8) is 0 Å². The average Bonchev–Trinajstić information content (AvgIpc) is 2.68. The highest BCUT2D eigenvalue weighted by atomic mass is 32.2. The lowest BCUT2D eigenvalue weighted by Crippen LogP contribution is -2.31. The standard InChI is InChI=1S/C8H10N4S3/c9-2-1-3-15-7(12-8(10)13)6-4-14-5-11-6/h4-5,7H,1,3H2,(H3,10,12,13). The summed E-state index contributed by atoms with van der Waals surface area (Å²) in [5, 5.41) is 13.5. The summed E-state index contributed by atoms with van der Waals surface area (Å²) < 4.78 is 0. The van der Waals surface area contributed by atoms with Crippen LogP contribution in [0.25, 0.3) is 0 Å². The molecule has 1 rings (SSSR count). The number of hydrogen-bond acceptors (Lipinski definition) is 5. The van der Waals surface area contributed by atoms with Gasteiger partial charge in [-0.05, 0) is 12.2 Å². The second kappa shape index (κ2) is 6.61. The van der Waals surface area contributed by atoms with E-state index in [4.69, 9.17) is 23.2 Å². The summed E-state index contributed by atoms with van der Waals surface area (Å²) in [6.07, 6.45) is 0.504. The zero-order valence-electron chi connectivity index (χ0n) is 7.84. The maximum atomic E-state index is 8.44. The van der Waals surface area contributed by atoms with Gasteiger partial charge in [0.05, 0.1) is 17.3 Å². The highest BCUT2D eigenvalue weighted by molar-refractivity contribution is 7.99. The summed E-state index contributed by atoms with van der Waals surface area (Å²) in [4.78, 5) is 4.19. The molecule has 0 saturated carbocycles. The van der Waals surface area contributed by atoms with Gasteiger partial charge < -0.3 is 11.1 Å². The van der Waals surface area contributed by atoms with Crippen LogP contribution in [-0.4, -0.2) is 15.8 Å². The Balaban J connectivity index is 2.54. The number of aromatic nitrogens is 1. The SMILES string of the molecule is N#CCCSC(NC(N)=S)c1cscn1. The van der Waals surface area contributed by atoms with Crippen molar-refractivity contribution in [3.05, 3.63) is 16.6 Å². The van der Waals surface area contributed by atoms with Crippen molar-refractivity contribution in [2.45, 2.75) is 11.8 Å². The fraction of sp³-hybridized carbons (Fsp3) is 0.375. The third-order valence-corrected chi connectivity index (χ3v) is 3.35. The van der Waals surface area contributed by atoms with E-state index in [0.29, 0.717) is 6.42 Å². The third-order valence-electron chi connectivity index (χ3n) is 1.49. The summed E-state index contributed by atoms with van der Waals surface area (Å²) in [6.45, 7) is 0. The van der Waals surface area contributed by atoms with E-state index in [1.165, 1.54) is 11.3 Å². The van der Waals surface area contributed by atoms with Gasteiger partial charge in [0.2, 0.25) is 0 Å². The molecule has 15 heavy (non-hydrogen) atoms. The van der Waals surface area contributed by atoms with Gasteiger partial charge in [0, 0.05) is 17.6 Å². The van der Waals surface area contributed by atoms with Crippen LogP contribution in [0.15, 0.2) is 10.9 Å². The van der Waals surface area contributed by atoms with Crippen molar-refractivity contribution >= 4 is 40.4 Å². The summed E-state index contributed by atoms with van der Waals surface area (Å²) in [7, 11) is 0. The van der Waals surface area contributed by atoms with Gasteiger partial charge in [0.1, 0.15) is 5.37 Å². The van der Waals surface area contributed by atoms with Gasteiger partial charge in [-0.15, -0.1) is 23.1 Å². The molecule has 0 spiro atoms. The highest BCUT2D eigenvalue weighted by Crippen LogP contribution is 2.25. The summed E-state index contributed by atoms with van der Waals surface area (Å²) in [6, 6.07) is 2.09. The van der Waals surface area contributed by atoms with Crippen molar-refractivity contribution < 1.29 is 0 Å². The minimum atomic E-state index is -0.0536. The molecule has 1 aromatic rings. The number of thiazole rings is 1. The van der Waals surface area contributed by atoms with Gasteiger partial charge in [-0.2, -0.15) is 5.26 Å². The van der Waals surface area contributed by atoms with E-state index >= 15 is 0 Å². The van der Waals surface area contributed by atoms with E-state index in [9.17, 15) is 0 Å². The molecule has 0 fully saturated rings. The first-order chi connectivity index (χ1) is 7.24. The molecule has 0 saturated heterocycles. The predicted molar refractivity (Wildman–Crippen MR) is 67.5 cm³/mol. The second-order valence-electron chi connectivity index (χ2n) is 2.58. The minimum Gasteiger partial charge on any atom is -0.376 e. The van der Waals surface area contributed by atoms with Gasteiger partial charge in [0.15, 0.2) is 5.11 Å². The first-order valence-corrected chi connectivity index (χ1v) is 6.56. The van der Waals surface area contributed by atoms with Gasteiger partial charge >= 0.3 is 0 Å². The first kappa shape index (κ1) is 12.2. The molecule has 0 bridgehead atoms. The Bertz CT molecular complexity index is 343. The van der Waals surface area contributed by atoms with Crippen LogP contribution >= 0.6 is 35.3 Å². The molecule has 4 nitrogen and oxygen atoms in total. The number of nitrogens with one attached hydrogen (secondary N) is 1. The lowest BCUT2D eigenvalue weighted by molar-refractivity contribution is 0.860. The smallest absolute Gasteiger partial charge is 0.164 e. The molecule has 1 heterocycles. The van der Waals surface area contributed by atoms with Crippen LogP contribution in [0.5, 0.6) is 0 Å². The molecule has 1 aromatic heterocycles. The van der Waals surface area contributed by atoms with Crippen LogP contribution in [-0.2, 0) is 0 Å². The fourth-order valence-corrected chi connectivity index (χ4v) is 2.72. The van der Waals surface area contributed by atoms with Crippen LogP contribution in [0.1, 0.15) is 17.5 Å². The molecule has 0 aliphatic rings. The molecule has 0 aliphatic heterocycles. The zero-order chi connectivity index (χ0) is 11.1. The number of thioether (sulfide) groups is 1. The average molecular weight is 258 g/mol. The Kier molecular flexibility index (Phi) is 5.39. The molecular weight excluding hydrogens is 248 g/mol. The number of nitrogens with two attached hydrogens (primary N) is 1. The lowest BCUT2D eigenvalue weighted by atomic mass is 10.5. The molecule has 0 amide bonds. The molecule has 1 atom stereocenters. The Labute approximate surface area is 102 Å². The molecule has 0 radical (unpaired) electrons. The van der Waals surface area contributed by atoms with Gasteiger partial charge in [-0.25, -0.2) is 4.98 Å². The van der Waals surface area contributed by atoms with Crippen molar-refractivity contribution in [1.29, 1.82) is 5.26 Å². The number of hydrogen-bond donors (Lipinski definition) is 2. The van der Waals surface area contributed by atoms with Gasteiger partial charge in [0.25, 0.3) is 0 Å². The summed E-state index contributed by atoms with van der Waals surface area (Å²) in [5.41, 5.74) is 8.08. The fourth-order valence-electron chi connectivity index (χ4n) is 0.904. The second-order valence-corrected chi connectivity index (χ2v) is 4.95. The molecular formula is C8H10N4S3. The van der Waals surface area contributed by atoms with Crippen LogP contribution in [0.3, 0.4) is 0 Å². The van der Waals surface area contributed by atoms with E-state index in [1.807, 2.05) is 5.38 Å². The van der Waals surface area contributed by atoms with Crippen molar-refractivity contribution in [2.24, 2.45) is 5.73 Å². The van der Waals surface area contributed by atoms with Crippen molar-refractivity contribution in [2.75, 3.05) is 5.75 Å².